The van der Waals surface area contributed by atoms with Gasteiger partial charge in [0.1, 0.15) is 11.6 Å². The highest BCUT2D eigenvalue weighted by Gasteiger charge is 2.08. The van der Waals surface area contributed by atoms with Gasteiger partial charge in [0.05, 0.1) is 0 Å². The first-order valence-corrected chi connectivity index (χ1v) is 7.81. The number of aromatic nitrogens is 1. The van der Waals surface area contributed by atoms with Crippen LogP contribution in [0.2, 0.25) is 0 Å². The Hall–Kier alpha value is -2.63. The van der Waals surface area contributed by atoms with Crippen LogP contribution in [0.5, 0.6) is 0 Å². The van der Waals surface area contributed by atoms with Gasteiger partial charge in [-0.2, -0.15) is 0 Å². The maximum Gasteiger partial charge on any atom is 0.317 e. The van der Waals surface area contributed by atoms with Crippen molar-refractivity contribution in [1.29, 1.82) is 0 Å². The summed E-state index contributed by atoms with van der Waals surface area (Å²) in [7, 11) is 5.60. The molecule has 0 saturated carbocycles. The minimum absolute atomic E-state index is 0.139. The molecule has 1 heterocycles. The Morgan fingerprint density at radius 1 is 1.12 bits per heavy atom. The first-order chi connectivity index (χ1) is 11.5. The first-order valence-electron chi connectivity index (χ1n) is 7.81. The van der Waals surface area contributed by atoms with Crippen molar-refractivity contribution in [3.8, 4) is 0 Å². The number of pyridine rings is 1. The van der Waals surface area contributed by atoms with Crippen molar-refractivity contribution in [3.05, 3.63) is 59.5 Å². The molecule has 128 valence electrons. The van der Waals surface area contributed by atoms with Crippen LogP contribution in [0.3, 0.4) is 0 Å². The zero-order valence-corrected chi connectivity index (χ0v) is 14.3. The highest BCUT2D eigenvalue weighted by molar-refractivity contribution is 5.73. The molecular weight excluding hydrogens is 307 g/mol. The second-order valence-electron chi connectivity index (χ2n) is 5.87. The number of rotatable bonds is 6. The minimum atomic E-state index is -0.251. The number of halogens is 1. The third-order valence-corrected chi connectivity index (χ3v) is 3.71. The van der Waals surface area contributed by atoms with Gasteiger partial charge in [-0.25, -0.2) is 14.2 Å². The number of urea groups is 1. The lowest BCUT2D eigenvalue weighted by Gasteiger charge is -2.18. The number of anilines is 1. The van der Waals surface area contributed by atoms with E-state index < -0.39 is 0 Å². The minimum Gasteiger partial charge on any atom is -0.363 e. The van der Waals surface area contributed by atoms with Crippen molar-refractivity contribution in [3.63, 3.8) is 0 Å². The van der Waals surface area contributed by atoms with Crippen LogP contribution in [0.25, 0.3) is 0 Å². The zero-order chi connectivity index (χ0) is 17.5. The van der Waals surface area contributed by atoms with Gasteiger partial charge in [0.2, 0.25) is 0 Å². The van der Waals surface area contributed by atoms with Gasteiger partial charge in [0.25, 0.3) is 0 Å². The molecule has 0 atom stereocenters. The molecule has 0 unspecified atom stereocenters. The van der Waals surface area contributed by atoms with Gasteiger partial charge < -0.3 is 15.1 Å². The number of nitrogens with zero attached hydrogens (tertiary/aromatic N) is 3. The third kappa shape index (κ3) is 5.22. The van der Waals surface area contributed by atoms with E-state index in [-0.39, 0.29) is 11.8 Å². The highest BCUT2D eigenvalue weighted by Crippen LogP contribution is 2.09. The summed E-state index contributed by atoms with van der Waals surface area (Å²) in [6, 6.07) is 10.0. The molecule has 2 aromatic rings. The molecular formula is C18H23FN4O. The van der Waals surface area contributed by atoms with Gasteiger partial charge in [0.15, 0.2) is 0 Å². The molecule has 0 aliphatic carbocycles. The Kier molecular flexibility index (Phi) is 6.12. The van der Waals surface area contributed by atoms with E-state index in [0.717, 1.165) is 16.9 Å². The molecule has 0 radical (unpaired) electrons. The smallest absolute Gasteiger partial charge is 0.317 e. The van der Waals surface area contributed by atoms with Crippen LogP contribution in [0.1, 0.15) is 11.1 Å². The Morgan fingerprint density at radius 3 is 2.50 bits per heavy atom. The second-order valence-corrected chi connectivity index (χ2v) is 5.87. The van der Waals surface area contributed by atoms with Crippen molar-refractivity contribution in [1.82, 2.24) is 15.2 Å². The molecule has 0 bridgehead atoms. The molecule has 0 saturated heterocycles. The molecule has 0 aliphatic heterocycles. The highest BCUT2D eigenvalue weighted by atomic mass is 19.1. The normalized spacial score (nSPS) is 10.3. The average Bonchev–Trinajstić information content (AvgIpc) is 2.59. The molecule has 6 heteroatoms. The number of hydrogen-bond acceptors (Lipinski definition) is 3. The zero-order valence-electron chi connectivity index (χ0n) is 14.3. The molecule has 0 fully saturated rings. The van der Waals surface area contributed by atoms with Gasteiger partial charge in [-0.05, 0) is 41.8 Å². The van der Waals surface area contributed by atoms with Crippen LogP contribution in [0.15, 0.2) is 42.6 Å². The Balaban J connectivity index is 1.81. The summed E-state index contributed by atoms with van der Waals surface area (Å²) in [6.07, 6.45) is 2.42. The van der Waals surface area contributed by atoms with Crippen LogP contribution in [-0.4, -0.2) is 43.6 Å². The first kappa shape index (κ1) is 17.7. The van der Waals surface area contributed by atoms with Crippen LogP contribution in [0, 0.1) is 5.82 Å². The number of amides is 2. The molecule has 2 rings (SSSR count). The average molecular weight is 330 g/mol. The second kappa shape index (κ2) is 8.29. The van der Waals surface area contributed by atoms with E-state index in [4.69, 9.17) is 0 Å². The largest absolute Gasteiger partial charge is 0.363 e. The molecule has 2 amide bonds. The maximum absolute atomic E-state index is 12.9. The Morgan fingerprint density at radius 2 is 1.83 bits per heavy atom. The monoisotopic (exact) mass is 330 g/mol. The number of carbonyl (C=O) groups is 1. The summed E-state index contributed by atoms with van der Waals surface area (Å²) in [5.74, 6) is 0.603. The van der Waals surface area contributed by atoms with E-state index in [1.54, 1.807) is 30.3 Å². The Bertz CT molecular complexity index is 673. The van der Waals surface area contributed by atoms with Crippen molar-refractivity contribution >= 4 is 11.8 Å². The molecule has 1 aromatic heterocycles. The predicted octanol–water partition coefficient (Wildman–Crippen LogP) is 2.67. The fraction of sp³-hybridized carbons (Fsp3) is 0.333. The SMILES string of the molecule is CN(CCc1ccc(F)cc1)C(=O)NCc1ccnc(N(C)C)c1. The quantitative estimate of drug-likeness (QED) is 0.886. The third-order valence-electron chi connectivity index (χ3n) is 3.71. The fourth-order valence-electron chi connectivity index (χ4n) is 2.18. The van der Waals surface area contributed by atoms with Crippen LogP contribution in [0.4, 0.5) is 15.0 Å². The summed E-state index contributed by atoms with van der Waals surface area (Å²) in [6.45, 7) is 1.01. The van der Waals surface area contributed by atoms with Crippen molar-refractivity contribution in [2.24, 2.45) is 0 Å². The number of likely N-dealkylation sites (N-methyl/N-ethyl adjacent to an activating group) is 1. The van der Waals surface area contributed by atoms with Gasteiger partial charge >= 0.3 is 6.03 Å². The van der Waals surface area contributed by atoms with Gasteiger partial charge in [-0.15, -0.1) is 0 Å². The topological polar surface area (TPSA) is 48.5 Å². The van der Waals surface area contributed by atoms with Crippen LogP contribution < -0.4 is 10.2 Å². The van der Waals surface area contributed by atoms with Crippen molar-refractivity contribution < 1.29 is 9.18 Å². The molecule has 0 spiro atoms. The van der Waals surface area contributed by atoms with Crippen molar-refractivity contribution in [2.75, 3.05) is 32.6 Å². The summed E-state index contributed by atoms with van der Waals surface area (Å²) in [5, 5.41) is 2.89. The number of carbonyl (C=O) groups excluding carboxylic acids is 1. The standard InChI is InChI=1S/C18H23FN4O/c1-22(2)17-12-15(8-10-20-17)13-21-18(24)23(3)11-9-14-4-6-16(19)7-5-14/h4-8,10,12H,9,11,13H2,1-3H3,(H,21,24). The maximum atomic E-state index is 12.9. The lowest BCUT2D eigenvalue weighted by molar-refractivity contribution is 0.209. The van der Waals surface area contributed by atoms with Gasteiger partial charge in [0, 0.05) is 40.4 Å². The summed E-state index contributed by atoms with van der Waals surface area (Å²) in [4.78, 5) is 19.9. The van der Waals surface area contributed by atoms with E-state index in [1.807, 2.05) is 31.1 Å². The van der Waals surface area contributed by atoms with Gasteiger partial charge in [-0.1, -0.05) is 12.1 Å². The summed E-state index contributed by atoms with van der Waals surface area (Å²) in [5.41, 5.74) is 2.00. The number of hydrogen-bond donors (Lipinski definition) is 1. The van der Waals surface area contributed by atoms with E-state index in [0.29, 0.717) is 19.5 Å². The summed E-state index contributed by atoms with van der Waals surface area (Å²) >= 11 is 0. The number of nitrogens with one attached hydrogen (secondary N) is 1. The van der Waals surface area contributed by atoms with E-state index >= 15 is 0 Å². The van der Waals surface area contributed by atoms with Gasteiger partial charge in [-0.3, -0.25) is 0 Å². The fourth-order valence-corrected chi connectivity index (χ4v) is 2.18. The molecule has 24 heavy (non-hydrogen) atoms. The van der Waals surface area contributed by atoms with Crippen LogP contribution >= 0.6 is 0 Å². The molecule has 1 aromatic carbocycles. The molecule has 0 aliphatic rings. The lowest BCUT2D eigenvalue weighted by Crippen LogP contribution is -2.38. The predicted molar refractivity (Wildman–Crippen MR) is 93.5 cm³/mol. The van der Waals surface area contributed by atoms with E-state index in [2.05, 4.69) is 10.3 Å². The molecule has 5 nitrogen and oxygen atoms in total. The van der Waals surface area contributed by atoms with E-state index in [1.165, 1.54) is 12.1 Å². The van der Waals surface area contributed by atoms with Crippen LogP contribution in [-0.2, 0) is 13.0 Å². The summed E-state index contributed by atoms with van der Waals surface area (Å²) < 4.78 is 12.9. The molecule has 1 N–H and O–H groups in total. The lowest BCUT2D eigenvalue weighted by atomic mass is 10.1. The Labute approximate surface area is 142 Å². The van der Waals surface area contributed by atoms with Crippen molar-refractivity contribution in [2.45, 2.75) is 13.0 Å². The van der Waals surface area contributed by atoms with E-state index in [9.17, 15) is 9.18 Å². The number of benzene rings is 1.